The molecular weight excluding hydrogens is 448 g/mol. The number of hydrogen-bond acceptors (Lipinski definition) is 5. The third-order valence-electron chi connectivity index (χ3n) is 4.65. The Balaban J connectivity index is 1.76. The Morgan fingerprint density at radius 1 is 0.968 bits per heavy atom. The van der Waals surface area contributed by atoms with Gasteiger partial charge in [0.05, 0.1) is 16.3 Å². The molecule has 0 aliphatic heterocycles. The molecule has 1 N–H and O–H groups in total. The lowest BCUT2D eigenvalue weighted by molar-refractivity contribution is 0.102. The molecule has 0 spiro atoms. The van der Waals surface area contributed by atoms with Crippen LogP contribution in [0.15, 0.2) is 87.5 Å². The Kier molecular flexibility index (Phi) is 7.69. The fourth-order valence-electron chi connectivity index (χ4n) is 2.91. The van der Waals surface area contributed by atoms with Crippen molar-refractivity contribution >= 4 is 50.8 Å². The Bertz CT molecular complexity index is 1150. The lowest BCUT2D eigenvalue weighted by Gasteiger charge is -2.20. The fourth-order valence-corrected chi connectivity index (χ4v) is 5.28. The van der Waals surface area contributed by atoms with E-state index in [2.05, 4.69) is 12.2 Å². The summed E-state index contributed by atoms with van der Waals surface area (Å²) in [5, 5.41) is 2.93. The number of anilines is 2. The van der Waals surface area contributed by atoms with Crippen LogP contribution in [0.4, 0.5) is 11.4 Å². The summed E-state index contributed by atoms with van der Waals surface area (Å²) in [7, 11) is -2.18. The van der Waals surface area contributed by atoms with E-state index in [9.17, 15) is 13.2 Å². The molecule has 0 aliphatic carbocycles. The van der Waals surface area contributed by atoms with Gasteiger partial charge in [0, 0.05) is 22.4 Å². The molecule has 3 rings (SSSR count). The minimum atomic E-state index is -3.69. The van der Waals surface area contributed by atoms with Crippen LogP contribution >= 0.6 is 23.5 Å². The summed E-state index contributed by atoms with van der Waals surface area (Å²) in [6, 6.07) is 21.0. The summed E-state index contributed by atoms with van der Waals surface area (Å²) in [6.45, 7) is 2.06. The molecule has 1 amide bonds. The number of amides is 1. The Morgan fingerprint density at radius 3 is 2.23 bits per heavy atom. The molecule has 8 heteroatoms. The number of rotatable bonds is 8. The van der Waals surface area contributed by atoms with Gasteiger partial charge < -0.3 is 5.32 Å². The summed E-state index contributed by atoms with van der Waals surface area (Å²) in [6.07, 6.45) is 1.94. The van der Waals surface area contributed by atoms with E-state index in [0.717, 1.165) is 21.2 Å². The van der Waals surface area contributed by atoms with Gasteiger partial charge in [-0.25, -0.2) is 8.42 Å². The fraction of sp³-hybridized carbons (Fsp3) is 0.174. The molecule has 3 aromatic rings. The molecule has 3 aromatic carbocycles. The molecule has 0 aliphatic rings. The van der Waals surface area contributed by atoms with E-state index in [1.165, 1.54) is 11.4 Å². The van der Waals surface area contributed by atoms with Crippen LogP contribution in [0, 0.1) is 0 Å². The van der Waals surface area contributed by atoms with E-state index >= 15 is 0 Å². The Labute approximate surface area is 192 Å². The first-order valence-corrected chi connectivity index (χ1v) is 13.3. The number of para-hydroxylation sites is 1. The molecule has 0 radical (unpaired) electrons. The van der Waals surface area contributed by atoms with Crippen molar-refractivity contribution in [2.24, 2.45) is 0 Å². The van der Waals surface area contributed by atoms with Gasteiger partial charge in [0.15, 0.2) is 0 Å². The van der Waals surface area contributed by atoms with Crippen LogP contribution in [0.1, 0.15) is 17.3 Å². The van der Waals surface area contributed by atoms with E-state index in [1.807, 2.05) is 30.5 Å². The molecule has 0 heterocycles. The van der Waals surface area contributed by atoms with Gasteiger partial charge in [-0.05, 0) is 72.7 Å². The topological polar surface area (TPSA) is 66.5 Å². The second-order valence-corrected chi connectivity index (χ2v) is 10.7. The summed E-state index contributed by atoms with van der Waals surface area (Å²) in [5.41, 5.74) is 1.69. The third-order valence-corrected chi connectivity index (χ3v) is 8.15. The van der Waals surface area contributed by atoms with Crippen molar-refractivity contribution in [3.8, 4) is 0 Å². The van der Waals surface area contributed by atoms with Gasteiger partial charge in [-0.1, -0.05) is 19.1 Å². The molecule has 0 fully saturated rings. The minimum absolute atomic E-state index is 0.222. The Hall–Kier alpha value is -2.42. The maximum atomic E-state index is 12.9. The Morgan fingerprint density at radius 2 is 1.61 bits per heavy atom. The highest BCUT2D eigenvalue weighted by atomic mass is 32.2. The second-order valence-electron chi connectivity index (χ2n) is 6.58. The van der Waals surface area contributed by atoms with Crippen LogP contribution in [0.3, 0.4) is 0 Å². The van der Waals surface area contributed by atoms with Crippen molar-refractivity contribution in [1.29, 1.82) is 0 Å². The van der Waals surface area contributed by atoms with E-state index in [4.69, 9.17) is 0 Å². The number of carbonyl (C=O) groups is 1. The number of benzene rings is 3. The normalized spacial score (nSPS) is 11.2. The monoisotopic (exact) mass is 472 g/mol. The van der Waals surface area contributed by atoms with Crippen molar-refractivity contribution in [2.75, 3.05) is 28.7 Å². The maximum absolute atomic E-state index is 12.9. The highest BCUT2D eigenvalue weighted by Gasteiger charge is 2.21. The van der Waals surface area contributed by atoms with Crippen LogP contribution in [-0.2, 0) is 10.0 Å². The summed E-state index contributed by atoms with van der Waals surface area (Å²) in [5.74, 6) is 0.663. The van der Waals surface area contributed by atoms with Crippen molar-refractivity contribution in [3.05, 3.63) is 78.4 Å². The molecule has 31 heavy (non-hydrogen) atoms. The van der Waals surface area contributed by atoms with Gasteiger partial charge in [-0.15, -0.1) is 23.5 Å². The van der Waals surface area contributed by atoms with E-state index < -0.39 is 10.0 Å². The quantitative estimate of drug-likeness (QED) is 0.433. The van der Waals surface area contributed by atoms with Crippen LogP contribution in [0.5, 0.6) is 0 Å². The molecule has 0 bridgehead atoms. The number of hydrogen-bond donors (Lipinski definition) is 1. The molecule has 0 atom stereocenters. The van der Waals surface area contributed by atoms with Crippen molar-refractivity contribution < 1.29 is 13.2 Å². The average molecular weight is 473 g/mol. The molecular formula is C23H24N2O3S3. The zero-order chi connectivity index (χ0) is 22.4. The number of nitrogens with one attached hydrogen (secondary N) is 1. The van der Waals surface area contributed by atoms with Gasteiger partial charge >= 0.3 is 0 Å². The highest BCUT2D eigenvalue weighted by Crippen LogP contribution is 2.28. The largest absolute Gasteiger partial charge is 0.321 e. The standard InChI is InChI=1S/C23H24N2O3S3/c1-4-30-22-8-6-5-7-21(22)24-23(26)17-9-11-18(12-10-17)25(2)31(27,28)20-15-13-19(29-3)14-16-20/h5-16H,4H2,1-3H3,(H,24,26). The zero-order valence-corrected chi connectivity index (χ0v) is 20.0. The second kappa shape index (κ2) is 10.3. The first-order valence-electron chi connectivity index (χ1n) is 9.63. The first-order chi connectivity index (χ1) is 14.9. The van der Waals surface area contributed by atoms with Crippen LogP contribution in [-0.4, -0.2) is 33.4 Å². The van der Waals surface area contributed by atoms with Gasteiger partial charge in [-0.2, -0.15) is 0 Å². The zero-order valence-electron chi connectivity index (χ0n) is 17.5. The van der Waals surface area contributed by atoms with Gasteiger partial charge in [0.2, 0.25) is 0 Å². The highest BCUT2D eigenvalue weighted by molar-refractivity contribution is 7.99. The summed E-state index contributed by atoms with van der Waals surface area (Å²) < 4.78 is 27.1. The van der Waals surface area contributed by atoms with E-state index in [0.29, 0.717) is 11.3 Å². The van der Waals surface area contributed by atoms with E-state index in [-0.39, 0.29) is 10.8 Å². The van der Waals surface area contributed by atoms with E-state index in [1.54, 1.807) is 72.1 Å². The molecule has 0 aromatic heterocycles. The molecule has 0 saturated carbocycles. The first kappa shape index (κ1) is 23.2. The van der Waals surface area contributed by atoms with Gasteiger partial charge in [-0.3, -0.25) is 9.10 Å². The van der Waals surface area contributed by atoms with Crippen molar-refractivity contribution in [3.63, 3.8) is 0 Å². The predicted molar refractivity (Wildman–Crippen MR) is 131 cm³/mol. The average Bonchev–Trinajstić information content (AvgIpc) is 2.80. The molecule has 0 unspecified atom stereocenters. The van der Waals surface area contributed by atoms with Gasteiger partial charge in [0.1, 0.15) is 0 Å². The molecule has 5 nitrogen and oxygen atoms in total. The summed E-state index contributed by atoms with van der Waals surface area (Å²) in [4.78, 5) is 14.9. The lowest BCUT2D eigenvalue weighted by atomic mass is 10.2. The predicted octanol–water partition coefficient (Wildman–Crippen LogP) is 5.60. The smallest absolute Gasteiger partial charge is 0.264 e. The van der Waals surface area contributed by atoms with Crippen LogP contribution in [0.2, 0.25) is 0 Å². The maximum Gasteiger partial charge on any atom is 0.264 e. The molecule has 0 saturated heterocycles. The third kappa shape index (κ3) is 5.44. The molecule has 162 valence electrons. The number of sulfonamides is 1. The SMILES string of the molecule is CCSc1ccccc1NC(=O)c1ccc(N(C)S(=O)(=O)c2ccc(SC)cc2)cc1. The van der Waals surface area contributed by atoms with Gasteiger partial charge in [0.25, 0.3) is 15.9 Å². The lowest BCUT2D eigenvalue weighted by Crippen LogP contribution is -2.26. The van der Waals surface area contributed by atoms with Crippen molar-refractivity contribution in [1.82, 2.24) is 0 Å². The van der Waals surface area contributed by atoms with Crippen LogP contribution in [0.25, 0.3) is 0 Å². The minimum Gasteiger partial charge on any atom is -0.321 e. The number of nitrogens with zero attached hydrogens (tertiary/aromatic N) is 1. The summed E-state index contributed by atoms with van der Waals surface area (Å²) >= 11 is 3.21. The van der Waals surface area contributed by atoms with Crippen molar-refractivity contribution in [2.45, 2.75) is 21.6 Å². The number of thioether (sulfide) groups is 2. The number of carbonyl (C=O) groups excluding carboxylic acids is 1. The van der Waals surface area contributed by atoms with Crippen LogP contribution < -0.4 is 9.62 Å².